The molecular weight excluding hydrogens is 256 g/mol. The Bertz CT molecular complexity index is 575. The van der Waals surface area contributed by atoms with Crippen molar-refractivity contribution in [1.29, 1.82) is 0 Å². The molecule has 0 aliphatic heterocycles. The van der Waals surface area contributed by atoms with Gasteiger partial charge in [-0.05, 0) is 13.0 Å². The van der Waals surface area contributed by atoms with Crippen LogP contribution in [-0.2, 0) is 6.54 Å². The van der Waals surface area contributed by atoms with Gasteiger partial charge in [0.1, 0.15) is 17.8 Å². The van der Waals surface area contributed by atoms with Crippen molar-refractivity contribution in [2.24, 2.45) is 0 Å². The lowest BCUT2D eigenvalue weighted by molar-refractivity contribution is 0.328. The van der Waals surface area contributed by atoms with E-state index in [1.165, 1.54) is 6.33 Å². The Morgan fingerprint density at radius 3 is 2.80 bits per heavy atom. The number of hydrogen-bond acceptors (Lipinski definition) is 6. The number of rotatable bonds is 6. The summed E-state index contributed by atoms with van der Waals surface area (Å²) < 4.78 is 10.6. The lowest BCUT2D eigenvalue weighted by atomic mass is 10.2. The molecule has 0 fully saturated rings. The fourth-order valence-corrected chi connectivity index (χ4v) is 1.80. The smallest absolute Gasteiger partial charge is 0.242 e. The van der Waals surface area contributed by atoms with E-state index in [9.17, 15) is 0 Å². The zero-order valence-corrected chi connectivity index (χ0v) is 11.6. The maximum absolute atomic E-state index is 5.96. The predicted molar refractivity (Wildman–Crippen MR) is 77.9 cm³/mol. The number of nitrogen functional groups attached to an aromatic ring is 1. The van der Waals surface area contributed by atoms with Crippen LogP contribution in [0, 0.1) is 0 Å². The predicted octanol–water partition coefficient (Wildman–Crippen LogP) is 2.08. The summed E-state index contributed by atoms with van der Waals surface area (Å²) in [6, 6.07) is 7.77. The van der Waals surface area contributed by atoms with Crippen LogP contribution < -0.4 is 20.5 Å². The molecule has 0 spiro atoms. The van der Waals surface area contributed by atoms with Gasteiger partial charge in [-0.1, -0.05) is 18.2 Å². The molecule has 0 aliphatic carbocycles. The van der Waals surface area contributed by atoms with Crippen molar-refractivity contribution >= 4 is 11.5 Å². The van der Waals surface area contributed by atoms with Crippen LogP contribution in [0.2, 0.25) is 0 Å². The first-order chi connectivity index (χ1) is 9.76. The van der Waals surface area contributed by atoms with Crippen molar-refractivity contribution in [3.8, 4) is 11.6 Å². The van der Waals surface area contributed by atoms with Gasteiger partial charge in [-0.25, -0.2) is 4.98 Å². The summed E-state index contributed by atoms with van der Waals surface area (Å²) in [6.07, 6.45) is 1.42. The number of nitrogens with one attached hydrogen (secondary N) is 1. The van der Waals surface area contributed by atoms with Crippen molar-refractivity contribution < 1.29 is 9.47 Å². The average molecular weight is 274 g/mol. The molecule has 0 amide bonds. The third kappa shape index (κ3) is 3.09. The molecule has 2 aromatic rings. The number of para-hydroxylation sites is 1. The molecule has 1 heterocycles. The van der Waals surface area contributed by atoms with Gasteiger partial charge in [0.2, 0.25) is 5.88 Å². The largest absolute Gasteiger partial charge is 0.496 e. The second-order valence-electron chi connectivity index (χ2n) is 4.04. The lowest BCUT2D eigenvalue weighted by Gasteiger charge is -2.12. The van der Waals surface area contributed by atoms with Gasteiger partial charge in [-0.2, -0.15) is 4.98 Å². The number of hydrogen-bond donors (Lipinski definition) is 2. The van der Waals surface area contributed by atoms with Crippen LogP contribution in [0.3, 0.4) is 0 Å². The number of nitrogens with zero attached hydrogens (tertiary/aromatic N) is 2. The number of nitrogens with two attached hydrogens (primary N) is 1. The molecule has 1 aromatic heterocycles. The zero-order valence-electron chi connectivity index (χ0n) is 11.6. The first kappa shape index (κ1) is 13.9. The number of aromatic nitrogens is 2. The molecule has 20 heavy (non-hydrogen) atoms. The Kier molecular flexibility index (Phi) is 4.60. The molecule has 0 bridgehead atoms. The van der Waals surface area contributed by atoms with Gasteiger partial charge in [0.05, 0.1) is 13.7 Å². The number of anilines is 2. The van der Waals surface area contributed by atoms with Crippen LogP contribution in [0.1, 0.15) is 12.5 Å². The van der Waals surface area contributed by atoms with E-state index in [-0.39, 0.29) is 0 Å². The van der Waals surface area contributed by atoms with Crippen LogP contribution in [0.25, 0.3) is 0 Å². The third-order valence-electron chi connectivity index (χ3n) is 2.77. The van der Waals surface area contributed by atoms with Gasteiger partial charge in [0.15, 0.2) is 5.82 Å². The van der Waals surface area contributed by atoms with Crippen LogP contribution in [0.4, 0.5) is 11.5 Å². The molecule has 6 nitrogen and oxygen atoms in total. The molecule has 1 aromatic carbocycles. The molecule has 0 atom stereocenters. The summed E-state index contributed by atoms with van der Waals surface area (Å²) >= 11 is 0. The minimum Gasteiger partial charge on any atom is -0.496 e. The van der Waals surface area contributed by atoms with Crippen molar-refractivity contribution in [3.63, 3.8) is 0 Å². The molecule has 2 rings (SSSR count). The van der Waals surface area contributed by atoms with Gasteiger partial charge in [0.25, 0.3) is 0 Å². The first-order valence-electron chi connectivity index (χ1n) is 6.35. The highest BCUT2D eigenvalue weighted by Gasteiger charge is 2.09. The van der Waals surface area contributed by atoms with Crippen molar-refractivity contribution in [1.82, 2.24) is 9.97 Å². The average Bonchev–Trinajstić information content (AvgIpc) is 2.48. The van der Waals surface area contributed by atoms with E-state index in [0.717, 1.165) is 11.3 Å². The second-order valence-corrected chi connectivity index (χ2v) is 4.04. The van der Waals surface area contributed by atoms with E-state index >= 15 is 0 Å². The SMILES string of the molecule is CCOc1ncnc(NCc2ccccc2OC)c1N. The molecule has 0 aliphatic rings. The zero-order chi connectivity index (χ0) is 14.4. The third-order valence-corrected chi connectivity index (χ3v) is 2.77. The quantitative estimate of drug-likeness (QED) is 0.839. The monoisotopic (exact) mass is 274 g/mol. The maximum Gasteiger partial charge on any atom is 0.242 e. The molecule has 106 valence electrons. The van der Waals surface area contributed by atoms with E-state index in [1.807, 2.05) is 31.2 Å². The van der Waals surface area contributed by atoms with Crippen molar-refractivity contribution in [2.75, 3.05) is 24.8 Å². The second kappa shape index (κ2) is 6.60. The topological polar surface area (TPSA) is 82.3 Å². The highest BCUT2D eigenvalue weighted by atomic mass is 16.5. The van der Waals surface area contributed by atoms with Gasteiger partial charge in [0, 0.05) is 12.1 Å². The summed E-state index contributed by atoms with van der Waals surface area (Å²) in [7, 11) is 1.64. The van der Waals surface area contributed by atoms with Crippen LogP contribution >= 0.6 is 0 Å². The van der Waals surface area contributed by atoms with E-state index in [1.54, 1.807) is 7.11 Å². The highest BCUT2D eigenvalue weighted by Crippen LogP contribution is 2.26. The fraction of sp³-hybridized carbons (Fsp3) is 0.286. The Hall–Kier alpha value is -2.50. The summed E-state index contributed by atoms with van der Waals surface area (Å²) in [4.78, 5) is 8.12. The Morgan fingerprint density at radius 2 is 2.05 bits per heavy atom. The maximum atomic E-state index is 5.96. The van der Waals surface area contributed by atoms with Crippen LogP contribution in [0.15, 0.2) is 30.6 Å². The van der Waals surface area contributed by atoms with Crippen LogP contribution in [0.5, 0.6) is 11.6 Å². The Balaban J connectivity index is 2.13. The molecule has 3 N–H and O–H groups in total. The molecular formula is C14H18N4O2. The van der Waals surface area contributed by atoms with E-state index in [4.69, 9.17) is 15.2 Å². The first-order valence-corrected chi connectivity index (χ1v) is 6.35. The molecule has 0 unspecified atom stereocenters. The molecule has 6 heteroatoms. The number of benzene rings is 1. The van der Waals surface area contributed by atoms with Gasteiger partial charge < -0.3 is 20.5 Å². The molecule has 0 saturated heterocycles. The standard InChI is InChI=1S/C14H18N4O2/c1-3-20-14-12(15)13(17-9-18-14)16-8-10-6-4-5-7-11(10)19-2/h4-7,9H,3,8,15H2,1-2H3,(H,16,17,18). The Morgan fingerprint density at radius 1 is 1.25 bits per heavy atom. The van der Waals surface area contributed by atoms with Crippen molar-refractivity contribution in [2.45, 2.75) is 13.5 Å². The van der Waals surface area contributed by atoms with E-state index < -0.39 is 0 Å². The molecule has 0 radical (unpaired) electrons. The van der Waals surface area contributed by atoms with E-state index in [2.05, 4.69) is 15.3 Å². The summed E-state index contributed by atoms with van der Waals surface area (Å²) in [6.45, 7) is 2.94. The summed E-state index contributed by atoms with van der Waals surface area (Å²) in [5.74, 6) is 1.76. The Labute approximate surface area is 118 Å². The summed E-state index contributed by atoms with van der Waals surface area (Å²) in [5, 5.41) is 3.17. The van der Waals surface area contributed by atoms with E-state index in [0.29, 0.717) is 30.5 Å². The number of methoxy groups -OCH3 is 1. The normalized spacial score (nSPS) is 10.1. The minimum absolute atomic E-state index is 0.394. The molecule has 0 saturated carbocycles. The number of ether oxygens (including phenoxy) is 2. The van der Waals surface area contributed by atoms with Crippen molar-refractivity contribution in [3.05, 3.63) is 36.2 Å². The van der Waals surface area contributed by atoms with Gasteiger partial charge in [-0.3, -0.25) is 0 Å². The summed E-state index contributed by atoms with van der Waals surface area (Å²) in [5.41, 5.74) is 7.39. The van der Waals surface area contributed by atoms with Crippen LogP contribution in [-0.4, -0.2) is 23.7 Å². The van der Waals surface area contributed by atoms with Gasteiger partial charge >= 0.3 is 0 Å². The minimum atomic E-state index is 0.394. The fourth-order valence-electron chi connectivity index (χ4n) is 1.80. The highest BCUT2D eigenvalue weighted by molar-refractivity contribution is 5.66. The van der Waals surface area contributed by atoms with Gasteiger partial charge in [-0.15, -0.1) is 0 Å². The lowest BCUT2D eigenvalue weighted by Crippen LogP contribution is -2.08.